The molecule has 0 saturated carbocycles. The van der Waals surface area contributed by atoms with E-state index in [4.69, 9.17) is 0 Å². The Morgan fingerprint density at radius 2 is 2.04 bits per heavy atom. The maximum Gasteiger partial charge on any atom is 0.223 e. The van der Waals surface area contributed by atoms with E-state index in [-0.39, 0.29) is 23.6 Å². The lowest BCUT2D eigenvalue weighted by Crippen LogP contribution is -2.45. The number of nitrogens with one attached hydrogen (secondary N) is 1. The predicted octanol–water partition coefficient (Wildman–Crippen LogP) is 1.03. The highest BCUT2D eigenvalue weighted by atomic mass is 32.2. The van der Waals surface area contributed by atoms with Crippen LogP contribution in [-0.4, -0.2) is 61.4 Å². The minimum absolute atomic E-state index is 0.0594. The highest BCUT2D eigenvalue weighted by Crippen LogP contribution is 2.24. The molecule has 1 aromatic heterocycles. The van der Waals surface area contributed by atoms with Crippen LogP contribution in [0.5, 0.6) is 0 Å². The average molecular weight is 365 g/mol. The monoisotopic (exact) mass is 365 g/mol. The zero-order chi connectivity index (χ0) is 17.7. The van der Waals surface area contributed by atoms with Crippen molar-refractivity contribution >= 4 is 15.7 Å². The molecule has 138 valence electrons. The van der Waals surface area contributed by atoms with Crippen molar-refractivity contribution in [2.45, 2.75) is 38.1 Å². The Kier molecular flexibility index (Phi) is 6.06. The molecule has 1 aromatic rings. The number of hydrogen-bond donors (Lipinski definition) is 1. The van der Waals surface area contributed by atoms with Gasteiger partial charge in [0, 0.05) is 30.4 Å². The summed E-state index contributed by atoms with van der Waals surface area (Å²) in [5, 5.41) is 3.04. The molecule has 2 fully saturated rings. The number of carbonyl (C=O) groups excluding carboxylic acids is 1. The van der Waals surface area contributed by atoms with E-state index in [1.54, 1.807) is 6.20 Å². The number of carbonyl (C=O) groups is 1. The van der Waals surface area contributed by atoms with Crippen molar-refractivity contribution in [2.75, 3.05) is 31.1 Å². The molecule has 6 nitrogen and oxygen atoms in total. The Hall–Kier alpha value is -1.47. The van der Waals surface area contributed by atoms with E-state index >= 15 is 0 Å². The van der Waals surface area contributed by atoms with Crippen LogP contribution >= 0.6 is 0 Å². The van der Waals surface area contributed by atoms with Crippen molar-refractivity contribution in [3.8, 4) is 0 Å². The van der Waals surface area contributed by atoms with Crippen molar-refractivity contribution in [1.29, 1.82) is 0 Å². The number of sulfone groups is 1. The topological polar surface area (TPSA) is 79.4 Å². The first-order valence-corrected chi connectivity index (χ1v) is 11.0. The van der Waals surface area contributed by atoms with Gasteiger partial charge in [0.2, 0.25) is 5.91 Å². The molecule has 3 heterocycles. The number of pyridine rings is 1. The smallest absolute Gasteiger partial charge is 0.223 e. The van der Waals surface area contributed by atoms with Crippen molar-refractivity contribution in [3.63, 3.8) is 0 Å². The zero-order valence-corrected chi connectivity index (χ0v) is 15.4. The number of hydrogen-bond acceptors (Lipinski definition) is 5. The van der Waals surface area contributed by atoms with E-state index in [2.05, 4.69) is 15.2 Å². The second kappa shape index (κ2) is 8.27. The molecule has 0 unspecified atom stereocenters. The number of aryl methyl sites for hydroxylation is 1. The molecular formula is C18H27N3O3S. The molecular weight excluding hydrogens is 338 g/mol. The third-order valence-electron chi connectivity index (χ3n) is 5.26. The number of nitrogens with zero attached hydrogens (tertiary/aromatic N) is 2. The molecule has 0 aromatic carbocycles. The zero-order valence-electron chi connectivity index (χ0n) is 14.6. The maximum atomic E-state index is 12.3. The van der Waals surface area contributed by atoms with Gasteiger partial charge in [-0.1, -0.05) is 6.07 Å². The van der Waals surface area contributed by atoms with Crippen LogP contribution < -0.4 is 5.32 Å². The van der Waals surface area contributed by atoms with Crippen molar-refractivity contribution in [2.24, 2.45) is 5.92 Å². The summed E-state index contributed by atoms with van der Waals surface area (Å²) in [5.41, 5.74) is 1.05. The summed E-state index contributed by atoms with van der Waals surface area (Å²) in [6, 6.07) is 6.04. The number of likely N-dealkylation sites (tertiary alicyclic amines) is 1. The molecule has 1 N–H and O–H groups in total. The quantitative estimate of drug-likeness (QED) is 0.762. The van der Waals surface area contributed by atoms with Gasteiger partial charge in [-0.05, 0) is 57.3 Å². The van der Waals surface area contributed by atoms with Crippen LogP contribution in [-0.2, 0) is 21.1 Å². The summed E-state index contributed by atoms with van der Waals surface area (Å²) < 4.78 is 23.2. The van der Waals surface area contributed by atoms with E-state index in [0.717, 1.165) is 50.9 Å². The molecule has 2 saturated heterocycles. The predicted molar refractivity (Wildman–Crippen MR) is 96.9 cm³/mol. The molecule has 0 radical (unpaired) electrons. The molecule has 3 rings (SSSR count). The second-order valence-electron chi connectivity index (χ2n) is 7.08. The molecule has 2 aliphatic heterocycles. The van der Waals surface area contributed by atoms with Gasteiger partial charge in [0.15, 0.2) is 9.84 Å². The standard InChI is InChI=1S/C18H27N3O3S/c22-18(20-10-3-5-16-4-1-2-9-19-16)15-6-11-21(12-7-15)17-8-13-25(23,24)14-17/h1-2,4,9,15,17H,3,5-8,10-14H2,(H,20,22)/t17-/m0/s1. The Labute approximate surface area is 149 Å². The van der Waals surface area contributed by atoms with E-state index in [1.165, 1.54) is 0 Å². The summed E-state index contributed by atoms with van der Waals surface area (Å²) in [7, 11) is -2.84. The van der Waals surface area contributed by atoms with Crippen molar-refractivity contribution in [1.82, 2.24) is 15.2 Å². The number of aromatic nitrogens is 1. The summed E-state index contributed by atoms with van der Waals surface area (Å²) in [5.74, 6) is 0.801. The van der Waals surface area contributed by atoms with Gasteiger partial charge < -0.3 is 5.32 Å². The van der Waals surface area contributed by atoms with Gasteiger partial charge in [0.25, 0.3) is 0 Å². The van der Waals surface area contributed by atoms with Crippen LogP contribution in [0.4, 0.5) is 0 Å². The molecule has 2 aliphatic rings. The average Bonchev–Trinajstić information content (AvgIpc) is 2.99. The van der Waals surface area contributed by atoms with Gasteiger partial charge in [0.1, 0.15) is 0 Å². The van der Waals surface area contributed by atoms with E-state index in [0.29, 0.717) is 12.3 Å². The molecule has 7 heteroatoms. The number of rotatable bonds is 6. The maximum absolute atomic E-state index is 12.3. The number of piperidine rings is 1. The second-order valence-corrected chi connectivity index (χ2v) is 9.31. The lowest BCUT2D eigenvalue weighted by Gasteiger charge is -2.34. The molecule has 25 heavy (non-hydrogen) atoms. The first-order valence-electron chi connectivity index (χ1n) is 9.15. The summed E-state index contributed by atoms with van der Waals surface area (Å²) in [6.45, 7) is 2.33. The number of amides is 1. The van der Waals surface area contributed by atoms with E-state index < -0.39 is 9.84 Å². The molecule has 0 aliphatic carbocycles. The molecule has 1 atom stereocenters. The Balaban J connectivity index is 1.34. The highest BCUT2D eigenvalue weighted by molar-refractivity contribution is 7.91. The van der Waals surface area contributed by atoms with E-state index in [9.17, 15) is 13.2 Å². The fraction of sp³-hybridized carbons (Fsp3) is 0.667. The summed E-state index contributed by atoms with van der Waals surface area (Å²) in [4.78, 5) is 18.8. The lowest BCUT2D eigenvalue weighted by atomic mass is 9.94. The van der Waals surface area contributed by atoms with Crippen molar-refractivity contribution in [3.05, 3.63) is 30.1 Å². The van der Waals surface area contributed by atoms with Gasteiger partial charge in [-0.3, -0.25) is 14.7 Å². The largest absolute Gasteiger partial charge is 0.356 e. The fourth-order valence-electron chi connectivity index (χ4n) is 3.76. The van der Waals surface area contributed by atoms with Crippen LogP contribution in [0.2, 0.25) is 0 Å². The minimum Gasteiger partial charge on any atom is -0.356 e. The SMILES string of the molecule is O=C(NCCCc1ccccn1)C1CCN([C@H]2CCS(=O)(=O)C2)CC1. The third kappa shape index (κ3) is 5.25. The lowest BCUT2D eigenvalue weighted by molar-refractivity contribution is -0.126. The van der Waals surface area contributed by atoms with Crippen LogP contribution in [0.1, 0.15) is 31.4 Å². The molecule has 1 amide bonds. The first kappa shape index (κ1) is 18.3. The van der Waals surface area contributed by atoms with Gasteiger partial charge >= 0.3 is 0 Å². The van der Waals surface area contributed by atoms with Crippen LogP contribution in [0.25, 0.3) is 0 Å². The summed E-state index contributed by atoms with van der Waals surface area (Å²) in [6.07, 6.45) is 5.94. The van der Waals surface area contributed by atoms with Crippen LogP contribution in [0.3, 0.4) is 0 Å². The van der Waals surface area contributed by atoms with Gasteiger partial charge in [0.05, 0.1) is 11.5 Å². The fourth-order valence-corrected chi connectivity index (χ4v) is 5.52. The molecule has 0 spiro atoms. The van der Waals surface area contributed by atoms with Gasteiger partial charge in [-0.2, -0.15) is 0 Å². The normalized spacial score (nSPS) is 24.2. The summed E-state index contributed by atoms with van der Waals surface area (Å²) >= 11 is 0. The Bertz CT molecular complexity index is 670. The molecule has 0 bridgehead atoms. The van der Waals surface area contributed by atoms with Crippen molar-refractivity contribution < 1.29 is 13.2 Å². The van der Waals surface area contributed by atoms with Crippen LogP contribution in [0.15, 0.2) is 24.4 Å². The van der Waals surface area contributed by atoms with Crippen LogP contribution in [0, 0.1) is 5.92 Å². The third-order valence-corrected chi connectivity index (χ3v) is 7.01. The van der Waals surface area contributed by atoms with E-state index in [1.807, 2.05) is 18.2 Å². The Morgan fingerprint density at radius 1 is 1.24 bits per heavy atom. The minimum atomic E-state index is -2.84. The first-order chi connectivity index (χ1) is 12.0. The highest BCUT2D eigenvalue weighted by Gasteiger charge is 2.35. The Morgan fingerprint density at radius 3 is 2.68 bits per heavy atom. The van der Waals surface area contributed by atoms with Gasteiger partial charge in [-0.15, -0.1) is 0 Å². The van der Waals surface area contributed by atoms with Gasteiger partial charge in [-0.25, -0.2) is 8.42 Å².